The highest BCUT2D eigenvalue weighted by atomic mass is 16.6. The summed E-state index contributed by atoms with van der Waals surface area (Å²) in [6, 6.07) is 1.02. The van der Waals surface area contributed by atoms with E-state index in [1.807, 2.05) is 25.7 Å². The molecule has 5 nitrogen and oxygen atoms in total. The first-order valence-corrected chi connectivity index (χ1v) is 6.34. The summed E-state index contributed by atoms with van der Waals surface area (Å²) in [5.41, 5.74) is 5.26. The third-order valence-corrected chi connectivity index (χ3v) is 3.47. The first kappa shape index (κ1) is 12.6. The van der Waals surface area contributed by atoms with Crippen molar-refractivity contribution in [1.29, 1.82) is 0 Å². The van der Waals surface area contributed by atoms with Crippen molar-refractivity contribution in [3.05, 3.63) is 0 Å². The maximum atomic E-state index is 11.9. The number of carbonyl (C=O) groups is 1. The van der Waals surface area contributed by atoms with Gasteiger partial charge in [-0.1, -0.05) is 0 Å². The standard InChI is InChI=1S/C12H23N3O2/c1-12(2,3)17-11(16)14-4-5-15-9(7-13)6-10(15)8-14/h9-10H,4-8,13H2,1-3H3/t9-,10-/m1/s1. The first-order valence-electron chi connectivity index (χ1n) is 6.34. The van der Waals surface area contributed by atoms with Gasteiger partial charge in [0.1, 0.15) is 5.60 Å². The Hall–Kier alpha value is -0.810. The number of piperazine rings is 1. The molecule has 2 fully saturated rings. The van der Waals surface area contributed by atoms with Crippen LogP contribution in [-0.2, 0) is 4.74 Å². The second kappa shape index (κ2) is 4.46. The number of hydrogen-bond acceptors (Lipinski definition) is 4. The third-order valence-electron chi connectivity index (χ3n) is 3.47. The molecule has 2 saturated heterocycles. The molecule has 0 bridgehead atoms. The van der Waals surface area contributed by atoms with Gasteiger partial charge in [-0.25, -0.2) is 4.79 Å². The van der Waals surface area contributed by atoms with E-state index in [-0.39, 0.29) is 6.09 Å². The predicted molar refractivity (Wildman–Crippen MR) is 65.8 cm³/mol. The average Bonchev–Trinajstić information content (AvgIpc) is 2.17. The number of ether oxygens (including phenoxy) is 1. The molecule has 1 amide bonds. The van der Waals surface area contributed by atoms with Gasteiger partial charge in [0, 0.05) is 38.3 Å². The van der Waals surface area contributed by atoms with Crippen LogP contribution in [0.2, 0.25) is 0 Å². The number of nitrogens with zero attached hydrogens (tertiary/aromatic N) is 2. The van der Waals surface area contributed by atoms with E-state index in [2.05, 4.69) is 4.90 Å². The highest BCUT2D eigenvalue weighted by Gasteiger charge is 2.42. The van der Waals surface area contributed by atoms with Crippen LogP contribution in [0.15, 0.2) is 0 Å². The van der Waals surface area contributed by atoms with E-state index < -0.39 is 5.60 Å². The molecule has 0 unspecified atom stereocenters. The fraction of sp³-hybridized carbons (Fsp3) is 0.917. The zero-order valence-corrected chi connectivity index (χ0v) is 11.0. The van der Waals surface area contributed by atoms with E-state index in [4.69, 9.17) is 10.5 Å². The summed E-state index contributed by atoms with van der Waals surface area (Å²) >= 11 is 0. The molecule has 0 aromatic rings. The molecule has 98 valence electrons. The Bertz CT molecular complexity index is 301. The number of amides is 1. The summed E-state index contributed by atoms with van der Waals surface area (Å²) in [5.74, 6) is 0. The summed E-state index contributed by atoms with van der Waals surface area (Å²) < 4.78 is 5.38. The van der Waals surface area contributed by atoms with Crippen LogP contribution >= 0.6 is 0 Å². The molecule has 0 aliphatic carbocycles. The van der Waals surface area contributed by atoms with Gasteiger partial charge in [-0.15, -0.1) is 0 Å². The summed E-state index contributed by atoms with van der Waals surface area (Å²) in [4.78, 5) is 16.1. The summed E-state index contributed by atoms with van der Waals surface area (Å²) in [6.45, 7) is 8.88. The van der Waals surface area contributed by atoms with E-state index in [0.717, 1.165) is 32.6 Å². The molecule has 0 saturated carbocycles. The molecule has 0 aromatic heterocycles. The van der Waals surface area contributed by atoms with Crippen LogP contribution in [0, 0.1) is 0 Å². The Kier molecular flexibility index (Phi) is 3.32. The molecule has 2 aliphatic heterocycles. The number of carbonyl (C=O) groups excluding carboxylic acids is 1. The normalized spacial score (nSPS) is 29.5. The lowest BCUT2D eigenvalue weighted by Crippen LogP contribution is -2.67. The fourth-order valence-electron chi connectivity index (χ4n) is 2.60. The molecule has 2 atom stereocenters. The maximum absolute atomic E-state index is 11.9. The quantitative estimate of drug-likeness (QED) is 0.732. The van der Waals surface area contributed by atoms with Crippen molar-refractivity contribution in [2.24, 2.45) is 5.73 Å². The minimum atomic E-state index is -0.409. The van der Waals surface area contributed by atoms with E-state index >= 15 is 0 Å². The van der Waals surface area contributed by atoms with Gasteiger partial charge in [0.25, 0.3) is 0 Å². The molecule has 2 N–H and O–H groups in total. The van der Waals surface area contributed by atoms with Crippen LogP contribution in [0.5, 0.6) is 0 Å². The molecule has 2 rings (SSSR count). The molecule has 0 radical (unpaired) electrons. The summed E-state index contributed by atoms with van der Waals surface area (Å²) in [5, 5.41) is 0. The van der Waals surface area contributed by atoms with Crippen LogP contribution in [-0.4, -0.2) is 59.8 Å². The molecular formula is C12H23N3O2. The Labute approximate surface area is 103 Å². The first-order chi connectivity index (χ1) is 7.90. The monoisotopic (exact) mass is 241 g/mol. The van der Waals surface area contributed by atoms with Crippen LogP contribution in [0.3, 0.4) is 0 Å². The van der Waals surface area contributed by atoms with Gasteiger partial charge in [0.2, 0.25) is 0 Å². The van der Waals surface area contributed by atoms with E-state index in [0.29, 0.717) is 12.1 Å². The summed E-state index contributed by atoms with van der Waals surface area (Å²) in [7, 11) is 0. The molecule has 2 heterocycles. The number of rotatable bonds is 1. The van der Waals surface area contributed by atoms with Crippen molar-refractivity contribution in [3.8, 4) is 0 Å². The Morgan fingerprint density at radius 1 is 1.41 bits per heavy atom. The largest absolute Gasteiger partial charge is 0.444 e. The number of fused-ring (bicyclic) bond motifs is 1. The van der Waals surface area contributed by atoms with Crippen molar-refractivity contribution >= 4 is 6.09 Å². The fourth-order valence-corrected chi connectivity index (χ4v) is 2.60. The molecular weight excluding hydrogens is 218 g/mol. The van der Waals surface area contributed by atoms with Gasteiger partial charge in [-0.05, 0) is 27.2 Å². The lowest BCUT2D eigenvalue weighted by Gasteiger charge is -2.53. The van der Waals surface area contributed by atoms with Crippen molar-refractivity contribution in [2.75, 3.05) is 26.2 Å². The van der Waals surface area contributed by atoms with Gasteiger partial charge in [0.15, 0.2) is 0 Å². The Morgan fingerprint density at radius 2 is 2.12 bits per heavy atom. The lowest BCUT2D eigenvalue weighted by molar-refractivity contribution is -0.0498. The SMILES string of the molecule is CC(C)(C)OC(=O)N1CCN2[C@H](C[C@@H]2CN)C1. The second-order valence-electron chi connectivity index (χ2n) is 5.94. The van der Waals surface area contributed by atoms with Crippen molar-refractivity contribution in [3.63, 3.8) is 0 Å². The van der Waals surface area contributed by atoms with Gasteiger partial charge in [-0.3, -0.25) is 4.90 Å². The minimum Gasteiger partial charge on any atom is -0.444 e. The van der Waals surface area contributed by atoms with Crippen LogP contribution < -0.4 is 5.73 Å². The van der Waals surface area contributed by atoms with E-state index in [1.165, 1.54) is 0 Å². The highest BCUT2D eigenvalue weighted by Crippen LogP contribution is 2.29. The van der Waals surface area contributed by atoms with Gasteiger partial charge in [-0.2, -0.15) is 0 Å². The minimum absolute atomic E-state index is 0.187. The van der Waals surface area contributed by atoms with E-state index in [1.54, 1.807) is 0 Å². The molecule has 5 heteroatoms. The van der Waals surface area contributed by atoms with Crippen LogP contribution in [0.4, 0.5) is 4.79 Å². The van der Waals surface area contributed by atoms with Crippen LogP contribution in [0.25, 0.3) is 0 Å². The Balaban J connectivity index is 1.84. The molecule has 2 aliphatic rings. The highest BCUT2D eigenvalue weighted by molar-refractivity contribution is 5.68. The Morgan fingerprint density at radius 3 is 2.65 bits per heavy atom. The second-order valence-corrected chi connectivity index (χ2v) is 5.94. The smallest absolute Gasteiger partial charge is 0.410 e. The lowest BCUT2D eigenvalue weighted by atomic mass is 9.90. The van der Waals surface area contributed by atoms with Gasteiger partial charge in [0.05, 0.1) is 0 Å². The van der Waals surface area contributed by atoms with Crippen molar-refractivity contribution in [2.45, 2.75) is 44.9 Å². The topological polar surface area (TPSA) is 58.8 Å². The van der Waals surface area contributed by atoms with Gasteiger partial charge < -0.3 is 15.4 Å². The number of nitrogens with two attached hydrogens (primary N) is 1. The zero-order chi connectivity index (χ0) is 12.6. The molecule has 17 heavy (non-hydrogen) atoms. The van der Waals surface area contributed by atoms with E-state index in [9.17, 15) is 4.79 Å². The molecule has 0 spiro atoms. The summed E-state index contributed by atoms with van der Waals surface area (Å²) in [6.07, 6.45) is 0.920. The van der Waals surface area contributed by atoms with Crippen LogP contribution in [0.1, 0.15) is 27.2 Å². The predicted octanol–water partition coefficient (Wildman–Crippen LogP) is 0.639. The zero-order valence-electron chi connectivity index (χ0n) is 11.0. The van der Waals surface area contributed by atoms with Crippen molar-refractivity contribution in [1.82, 2.24) is 9.80 Å². The average molecular weight is 241 g/mol. The van der Waals surface area contributed by atoms with Gasteiger partial charge >= 0.3 is 6.09 Å². The molecule has 0 aromatic carbocycles. The number of hydrogen-bond donors (Lipinski definition) is 1. The third kappa shape index (κ3) is 2.72. The maximum Gasteiger partial charge on any atom is 0.410 e. The van der Waals surface area contributed by atoms with Crippen molar-refractivity contribution < 1.29 is 9.53 Å².